The zero-order valence-corrected chi connectivity index (χ0v) is 14.4. The monoisotopic (exact) mass is 339 g/mol. The molecule has 0 saturated heterocycles. The van der Waals surface area contributed by atoms with Crippen molar-refractivity contribution in [1.82, 2.24) is 0 Å². The maximum atomic E-state index is 12.4. The Labute approximate surface area is 129 Å². The van der Waals surface area contributed by atoms with E-state index in [4.69, 9.17) is 4.74 Å². The van der Waals surface area contributed by atoms with E-state index in [0.29, 0.717) is 0 Å². The van der Waals surface area contributed by atoms with E-state index in [-0.39, 0.29) is 6.09 Å². The number of rotatable bonds is 0. The second-order valence-electron chi connectivity index (χ2n) is 6.36. The average Bonchev–Trinajstić information content (AvgIpc) is 2.33. The third-order valence-electron chi connectivity index (χ3n) is 3.51. The Balaban J connectivity index is 2.43. The highest BCUT2D eigenvalue weighted by Crippen LogP contribution is 2.37. The fraction of sp³-hybridized carbons (Fsp3) is 0.562. The van der Waals surface area contributed by atoms with E-state index < -0.39 is 5.60 Å². The second-order valence-corrected chi connectivity index (χ2v) is 7.22. The number of anilines is 1. The standard InChI is InChI=1S/C16H22BrNO2/c1-10-9-13(17)11(2)12-7-6-8-18(14(10)12)15(19)20-16(3,4)5/h9H,6-8H2,1-5H3. The van der Waals surface area contributed by atoms with Gasteiger partial charge in [-0.15, -0.1) is 0 Å². The van der Waals surface area contributed by atoms with Crippen LogP contribution < -0.4 is 4.90 Å². The molecule has 110 valence electrons. The lowest BCUT2D eigenvalue weighted by Crippen LogP contribution is -2.40. The SMILES string of the molecule is Cc1cc(Br)c(C)c2c1N(C(=O)OC(C)(C)C)CCC2. The number of halogens is 1. The summed E-state index contributed by atoms with van der Waals surface area (Å²) in [4.78, 5) is 14.2. The molecule has 0 atom stereocenters. The summed E-state index contributed by atoms with van der Waals surface area (Å²) >= 11 is 3.60. The van der Waals surface area contributed by atoms with Gasteiger partial charge in [0.2, 0.25) is 0 Å². The highest BCUT2D eigenvalue weighted by atomic mass is 79.9. The predicted octanol–water partition coefficient (Wildman–Crippen LogP) is 4.75. The number of hydrogen-bond donors (Lipinski definition) is 0. The molecule has 0 fully saturated rings. The lowest BCUT2D eigenvalue weighted by atomic mass is 9.94. The molecule has 0 aromatic heterocycles. The molecule has 20 heavy (non-hydrogen) atoms. The summed E-state index contributed by atoms with van der Waals surface area (Å²) in [5, 5.41) is 0. The number of benzene rings is 1. The second kappa shape index (κ2) is 5.40. The normalized spacial score (nSPS) is 15.0. The van der Waals surface area contributed by atoms with E-state index in [1.807, 2.05) is 27.7 Å². The fourth-order valence-electron chi connectivity index (χ4n) is 2.63. The summed E-state index contributed by atoms with van der Waals surface area (Å²) in [5.74, 6) is 0. The first-order valence-electron chi connectivity index (χ1n) is 7.00. The molecule has 0 radical (unpaired) electrons. The molecule has 1 heterocycles. The van der Waals surface area contributed by atoms with E-state index in [1.165, 1.54) is 11.1 Å². The minimum absolute atomic E-state index is 0.247. The van der Waals surface area contributed by atoms with Gasteiger partial charge >= 0.3 is 6.09 Å². The van der Waals surface area contributed by atoms with Gasteiger partial charge < -0.3 is 4.74 Å². The van der Waals surface area contributed by atoms with Crippen LogP contribution in [-0.2, 0) is 11.2 Å². The molecule has 1 aromatic carbocycles. The lowest BCUT2D eigenvalue weighted by molar-refractivity contribution is 0.0577. The largest absolute Gasteiger partial charge is 0.443 e. The summed E-state index contributed by atoms with van der Waals surface area (Å²) in [5.41, 5.74) is 4.16. The van der Waals surface area contributed by atoms with Gasteiger partial charge in [0.25, 0.3) is 0 Å². The van der Waals surface area contributed by atoms with Crippen LogP contribution in [0, 0.1) is 13.8 Å². The highest BCUT2D eigenvalue weighted by molar-refractivity contribution is 9.10. The Kier molecular flexibility index (Phi) is 4.14. The molecular weight excluding hydrogens is 318 g/mol. The number of amides is 1. The molecule has 0 spiro atoms. The molecule has 4 heteroatoms. The van der Waals surface area contributed by atoms with Crippen LogP contribution >= 0.6 is 15.9 Å². The smallest absolute Gasteiger partial charge is 0.414 e. The van der Waals surface area contributed by atoms with Crippen molar-refractivity contribution in [3.8, 4) is 0 Å². The molecule has 1 aliphatic rings. The molecule has 1 aromatic rings. The first-order valence-corrected chi connectivity index (χ1v) is 7.79. The Bertz CT molecular complexity index is 546. The molecule has 2 rings (SSSR count). The van der Waals surface area contributed by atoms with E-state index in [2.05, 4.69) is 28.9 Å². The van der Waals surface area contributed by atoms with E-state index in [0.717, 1.165) is 35.1 Å². The van der Waals surface area contributed by atoms with Crippen molar-refractivity contribution >= 4 is 27.7 Å². The average molecular weight is 340 g/mol. The number of fused-ring (bicyclic) bond motifs is 1. The summed E-state index contributed by atoms with van der Waals surface area (Å²) < 4.78 is 6.65. The molecule has 0 aliphatic carbocycles. The molecule has 1 amide bonds. The van der Waals surface area contributed by atoms with Crippen LogP contribution in [0.4, 0.5) is 10.5 Å². The van der Waals surface area contributed by atoms with Crippen molar-refractivity contribution < 1.29 is 9.53 Å². The Hall–Kier alpha value is -1.03. The van der Waals surface area contributed by atoms with Gasteiger partial charge in [0.15, 0.2) is 0 Å². The summed E-state index contributed by atoms with van der Waals surface area (Å²) in [6.07, 6.45) is 1.74. The first kappa shape index (κ1) is 15.4. The van der Waals surface area contributed by atoms with Crippen molar-refractivity contribution in [1.29, 1.82) is 0 Å². The maximum absolute atomic E-state index is 12.4. The number of nitrogens with zero attached hydrogens (tertiary/aromatic N) is 1. The van der Waals surface area contributed by atoms with Gasteiger partial charge in [0.05, 0.1) is 5.69 Å². The Morgan fingerprint density at radius 3 is 2.60 bits per heavy atom. The van der Waals surface area contributed by atoms with Gasteiger partial charge in [-0.05, 0) is 70.2 Å². The van der Waals surface area contributed by atoms with E-state index >= 15 is 0 Å². The van der Waals surface area contributed by atoms with Gasteiger partial charge in [-0.25, -0.2) is 4.79 Å². The minimum atomic E-state index is -0.465. The lowest BCUT2D eigenvalue weighted by Gasteiger charge is -2.34. The number of carbonyl (C=O) groups is 1. The topological polar surface area (TPSA) is 29.5 Å². The van der Waals surface area contributed by atoms with Crippen LogP contribution in [0.3, 0.4) is 0 Å². The molecule has 3 nitrogen and oxygen atoms in total. The van der Waals surface area contributed by atoms with Crippen LogP contribution in [0.15, 0.2) is 10.5 Å². The van der Waals surface area contributed by atoms with Crippen molar-refractivity contribution in [3.05, 3.63) is 27.2 Å². The molecule has 0 bridgehead atoms. The minimum Gasteiger partial charge on any atom is -0.443 e. The molecule has 0 N–H and O–H groups in total. The molecule has 1 aliphatic heterocycles. The van der Waals surface area contributed by atoms with Crippen molar-refractivity contribution in [3.63, 3.8) is 0 Å². The van der Waals surface area contributed by atoms with Gasteiger partial charge in [0.1, 0.15) is 5.60 Å². The van der Waals surface area contributed by atoms with Crippen molar-refractivity contribution in [2.45, 2.75) is 53.1 Å². The molecular formula is C16H22BrNO2. The number of ether oxygens (including phenoxy) is 1. The van der Waals surface area contributed by atoms with Crippen LogP contribution in [0.2, 0.25) is 0 Å². The first-order chi connectivity index (χ1) is 9.20. The van der Waals surface area contributed by atoms with E-state index in [9.17, 15) is 4.79 Å². The number of aryl methyl sites for hydroxylation is 1. The highest BCUT2D eigenvalue weighted by Gasteiger charge is 2.29. The summed E-state index contributed by atoms with van der Waals surface area (Å²) in [6.45, 7) is 10.6. The summed E-state index contributed by atoms with van der Waals surface area (Å²) in [6, 6.07) is 2.08. The van der Waals surface area contributed by atoms with Crippen LogP contribution in [0.5, 0.6) is 0 Å². The Morgan fingerprint density at radius 2 is 2.00 bits per heavy atom. The predicted molar refractivity (Wildman–Crippen MR) is 85.5 cm³/mol. The Morgan fingerprint density at radius 1 is 1.35 bits per heavy atom. The van der Waals surface area contributed by atoms with Crippen molar-refractivity contribution in [2.75, 3.05) is 11.4 Å². The molecule has 0 unspecified atom stereocenters. The van der Waals surface area contributed by atoms with Crippen LogP contribution in [0.25, 0.3) is 0 Å². The zero-order valence-electron chi connectivity index (χ0n) is 12.8. The van der Waals surface area contributed by atoms with Crippen LogP contribution in [0.1, 0.15) is 43.9 Å². The third-order valence-corrected chi connectivity index (χ3v) is 4.33. The van der Waals surface area contributed by atoms with Gasteiger partial charge in [-0.1, -0.05) is 15.9 Å². The summed E-state index contributed by atoms with van der Waals surface area (Å²) in [7, 11) is 0. The maximum Gasteiger partial charge on any atom is 0.414 e. The van der Waals surface area contributed by atoms with Gasteiger partial charge in [0, 0.05) is 11.0 Å². The number of carbonyl (C=O) groups excluding carboxylic acids is 1. The zero-order chi connectivity index (χ0) is 15.1. The van der Waals surface area contributed by atoms with Gasteiger partial charge in [-0.2, -0.15) is 0 Å². The molecule has 0 saturated carbocycles. The fourth-order valence-corrected chi connectivity index (χ4v) is 3.22. The van der Waals surface area contributed by atoms with Gasteiger partial charge in [-0.3, -0.25) is 4.90 Å². The van der Waals surface area contributed by atoms with Crippen molar-refractivity contribution in [2.24, 2.45) is 0 Å². The third kappa shape index (κ3) is 3.00. The van der Waals surface area contributed by atoms with Crippen LogP contribution in [-0.4, -0.2) is 18.2 Å². The van der Waals surface area contributed by atoms with E-state index in [1.54, 1.807) is 4.90 Å². The quantitative estimate of drug-likeness (QED) is 0.682. The number of hydrogen-bond acceptors (Lipinski definition) is 2.